The predicted octanol–water partition coefficient (Wildman–Crippen LogP) is 8.86. The summed E-state index contributed by atoms with van der Waals surface area (Å²) in [6, 6.07) is 0. The van der Waals surface area contributed by atoms with Gasteiger partial charge in [0.05, 0.1) is 0 Å². The van der Waals surface area contributed by atoms with Gasteiger partial charge in [-0.05, 0) is 23.3 Å². The van der Waals surface area contributed by atoms with Crippen LogP contribution < -0.4 is 0 Å². The minimum Gasteiger partial charge on any atom is -0.317 e. The first-order chi connectivity index (χ1) is 12.2. The summed E-state index contributed by atoms with van der Waals surface area (Å²) in [6.07, 6.45) is 20.9. The Bertz CT molecular complexity index is 357. The Kier molecular flexibility index (Phi) is 18.0. The summed E-state index contributed by atoms with van der Waals surface area (Å²) in [7, 11) is -2.64. The van der Waals surface area contributed by atoms with Gasteiger partial charge in [0.1, 0.15) is 0 Å². The van der Waals surface area contributed by atoms with E-state index in [2.05, 4.69) is 23.6 Å². The van der Waals surface area contributed by atoms with E-state index in [9.17, 15) is 4.57 Å². The van der Waals surface area contributed by atoms with E-state index < -0.39 is 7.29 Å². The number of nitrogens with zero attached hydrogens (tertiary/aromatic N) is 3. The summed E-state index contributed by atoms with van der Waals surface area (Å²) in [5.74, 6) is 0. The van der Waals surface area contributed by atoms with E-state index in [1.54, 1.807) is 0 Å². The number of azide groups is 1. The van der Waals surface area contributed by atoms with E-state index in [4.69, 9.17) is 5.53 Å². The zero-order valence-electron chi connectivity index (χ0n) is 16.9. The normalized spacial score (nSPS) is 11.4. The standard InChI is InChI=1S/C20H42N3OP/c1-3-5-7-9-11-13-15-17-19-25(24,23-22-21)20-18-16-14-12-10-8-6-4-2/h3-20H2,1-2H3. The second-order valence-corrected chi connectivity index (χ2v) is 10.2. The molecule has 0 saturated heterocycles. The molecule has 0 fully saturated rings. The van der Waals surface area contributed by atoms with E-state index in [1.807, 2.05) is 0 Å². The average Bonchev–Trinajstić information content (AvgIpc) is 2.60. The highest BCUT2D eigenvalue weighted by molar-refractivity contribution is 7.62. The lowest BCUT2D eigenvalue weighted by Gasteiger charge is -2.12. The average molecular weight is 372 g/mol. The van der Waals surface area contributed by atoms with Gasteiger partial charge < -0.3 is 4.57 Å². The molecule has 0 aliphatic carbocycles. The molecule has 0 aliphatic heterocycles. The second-order valence-electron chi connectivity index (χ2n) is 7.42. The van der Waals surface area contributed by atoms with Crippen molar-refractivity contribution in [1.82, 2.24) is 0 Å². The van der Waals surface area contributed by atoms with Gasteiger partial charge in [-0.3, -0.25) is 0 Å². The quantitative estimate of drug-likeness (QED) is 0.0734. The fourth-order valence-electron chi connectivity index (χ4n) is 3.26. The van der Waals surface area contributed by atoms with Gasteiger partial charge in [0.2, 0.25) is 0 Å². The molecule has 0 N–H and O–H groups in total. The molecule has 0 unspecified atom stereocenters. The van der Waals surface area contributed by atoms with E-state index in [-0.39, 0.29) is 0 Å². The summed E-state index contributed by atoms with van der Waals surface area (Å²) in [6.45, 7) is 4.47. The zero-order valence-corrected chi connectivity index (χ0v) is 17.8. The van der Waals surface area contributed by atoms with Crippen LogP contribution in [0.1, 0.15) is 117 Å². The summed E-state index contributed by atoms with van der Waals surface area (Å²) < 4.78 is 12.7. The Morgan fingerprint density at radius 2 is 0.960 bits per heavy atom. The third-order valence-corrected chi connectivity index (χ3v) is 7.36. The van der Waals surface area contributed by atoms with E-state index >= 15 is 0 Å². The molecular weight excluding hydrogens is 329 g/mol. The molecule has 4 nitrogen and oxygen atoms in total. The molecule has 0 saturated carbocycles. The van der Waals surface area contributed by atoms with E-state index in [0.29, 0.717) is 12.3 Å². The molecule has 0 heterocycles. The molecule has 25 heavy (non-hydrogen) atoms. The number of hydrogen-bond donors (Lipinski definition) is 0. The van der Waals surface area contributed by atoms with Crippen LogP contribution in [0.3, 0.4) is 0 Å². The highest BCUT2D eigenvalue weighted by atomic mass is 31.2. The molecule has 0 atom stereocenters. The van der Waals surface area contributed by atoms with Gasteiger partial charge in [0.25, 0.3) is 0 Å². The van der Waals surface area contributed by atoms with Crippen molar-refractivity contribution >= 4 is 7.29 Å². The molecule has 0 spiro atoms. The highest BCUT2D eigenvalue weighted by Gasteiger charge is 2.19. The van der Waals surface area contributed by atoms with Gasteiger partial charge in [-0.2, -0.15) is 0 Å². The molecule has 148 valence electrons. The molecule has 0 rings (SSSR count). The number of hydrogen-bond acceptors (Lipinski definition) is 1. The van der Waals surface area contributed by atoms with Crippen molar-refractivity contribution in [3.8, 4) is 0 Å². The topological polar surface area (TPSA) is 65.8 Å². The lowest BCUT2D eigenvalue weighted by molar-refractivity contribution is 0.556. The maximum Gasteiger partial charge on any atom is 0.173 e. The Balaban J connectivity index is 3.74. The highest BCUT2D eigenvalue weighted by Crippen LogP contribution is 2.49. The maximum absolute atomic E-state index is 12.7. The third kappa shape index (κ3) is 16.7. The molecule has 0 bridgehead atoms. The molecule has 0 aromatic rings. The van der Waals surface area contributed by atoms with Gasteiger partial charge >= 0.3 is 0 Å². The van der Waals surface area contributed by atoms with E-state index in [1.165, 1.54) is 77.0 Å². The molecule has 0 aliphatic rings. The smallest absolute Gasteiger partial charge is 0.173 e. The minimum absolute atomic E-state index is 0.614. The van der Waals surface area contributed by atoms with Gasteiger partial charge in [-0.1, -0.05) is 104 Å². The minimum atomic E-state index is -2.64. The third-order valence-electron chi connectivity index (χ3n) is 4.93. The maximum atomic E-state index is 12.7. The SMILES string of the molecule is CCCCCCCCCCP(=O)(CCCCCCCCCC)N=[N+]=[N-]. The summed E-state index contributed by atoms with van der Waals surface area (Å²) in [5, 5.41) is 0. The molecule has 0 radical (unpaired) electrons. The predicted molar refractivity (Wildman–Crippen MR) is 112 cm³/mol. The zero-order chi connectivity index (χ0) is 18.6. The fourth-order valence-corrected chi connectivity index (χ4v) is 5.24. The summed E-state index contributed by atoms with van der Waals surface area (Å²) in [4.78, 5) is 6.58. The van der Waals surface area contributed by atoms with Crippen LogP contribution in [0.2, 0.25) is 0 Å². The van der Waals surface area contributed by atoms with Crippen molar-refractivity contribution in [1.29, 1.82) is 0 Å². The Morgan fingerprint density at radius 1 is 0.640 bits per heavy atom. The van der Waals surface area contributed by atoms with Crippen LogP contribution in [0.4, 0.5) is 0 Å². The summed E-state index contributed by atoms with van der Waals surface area (Å²) in [5.41, 5.74) is 8.73. The van der Waals surface area contributed by atoms with Crippen LogP contribution in [-0.2, 0) is 4.57 Å². The van der Waals surface area contributed by atoms with Gasteiger partial charge in [-0.15, -0.1) is 0 Å². The molecule has 0 aromatic carbocycles. The lowest BCUT2D eigenvalue weighted by atomic mass is 10.1. The first kappa shape index (κ1) is 24.5. The van der Waals surface area contributed by atoms with Crippen molar-refractivity contribution < 1.29 is 4.57 Å². The van der Waals surface area contributed by atoms with Crippen molar-refractivity contribution in [2.45, 2.75) is 117 Å². The number of unbranched alkanes of at least 4 members (excludes halogenated alkanes) is 14. The second kappa shape index (κ2) is 18.3. The Labute approximate surface area is 156 Å². The van der Waals surface area contributed by atoms with Crippen molar-refractivity contribution in [3.05, 3.63) is 10.4 Å². The van der Waals surface area contributed by atoms with Gasteiger partial charge in [0, 0.05) is 17.2 Å². The van der Waals surface area contributed by atoms with Crippen LogP contribution in [-0.4, -0.2) is 12.3 Å². The van der Waals surface area contributed by atoms with Crippen LogP contribution in [0.25, 0.3) is 10.4 Å². The first-order valence-corrected chi connectivity index (χ1v) is 12.9. The molecular formula is C20H42N3OP. The monoisotopic (exact) mass is 371 g/mol. The van der Waals surface area contributed by atoms with Crippen molar-refractivity contribution in [2.75, 3.05) is 12.3 Å². The first-order valence-electron chi connectivity index (χ1n) is 10.8. The fraction of sp³-hybridized carbons (Fsp3) is 1.00. The molecule has 0 amide bonds. The Hall–Kier alpha value is -0.460. The van der Waals surface area contributed by atoms with Gasteiger partial charge in [0.15, 0.2) is 7.29 Å². The number of rotatable bonds is 19. The van der Waals surface area contributed by atoms with Gasteiger partial charge in [-0.25, -0.2) is 0 Å². The van der Waals surface area contributed by atoms with Crippen LogP contribution in [0.5, 0.6) is 0 Å². The molecule has 0 aromatic heterocycles. The lowest BCUT2D eigenvalue weighted by Crippen LogP contribution is -1.94. The largest absolute Gasteiger partial charge is 0.317 e. The Morgan fingerprint density at radius 3 is 1.28 bits per heavy atom. The van der Waals surface area contributed by atoms with Crippen LogP contribution >= 0.6 is 7.29 Å². The van der Waals surface area contributed by atoms with Crippen molar-refractivity contribution in [3.63, 3.8) is 0 Å². The van der Waals surface area contributed by atoms with Crippen LogP contribution in [0.15, 0.2) is 4.88 Å². The summed E-state index contributed by atoms with van der Waals surface area (Å²) >= 11 is 0. The van der Waals surface area contributed by atoms with Crippen LogP contribution in [0, 0.1) is 0 Å². The molecule has 5 heteroatoms. The van der Waals surface area contributed by atoms with Crippen molar-refractivity contribution in [2.24, 2.45) is 4.88 Å². The van der Waals surface area contributed by atoms with E-state index in [0.717, 1.165) is 25.7 Å².